The second kappa shape index (κ2) is 7.96. The SMILES string of the molecule is Cc1cccc(C(=O)N2CCN(Cc3nc4sc5c(c4c(=O)[nH]3)CCCC5)CC2)c1. The number of hydrogen-bond donors (Lipinski definition) is 1. The molecule has 5 rings (SSSR count). The summed E-state index contributed by atoms with van der Waals surface area (Å²) in [5, 5.41) is 0.812. The number of fused-ring (bicyclic) bond motifs is 3. The van der Waals surface area contributed by atoms with Gasteiger partial charge >= 0.3 is 0 Å². The molecule has 1 fully saturated rings. The quantitative estimate of drug-likeness (QED) is 0.704. The average molecular weight is 423 g/mol. The highest BCUT2D eigenvalue weighted by molar-refractivity contribution is 7.18. The van der Waals surface area contributed by atoms with Crippen LogP contribution in [0, 0.1) is 6.92 Å². The van der Waals surface area contributed by atoms with Crippen LogP contribution >= 0.6 is 11.3 Å². The van der Waals surface area contributed by atoms with Crippen molar-refractivity contribution in [2.45, 2.75) is 39.2 Å². The number of piperazine rings is 1. The molecule has 3 aromatic rings. The van der Waals surface area contributed by atoms with Crippen molar-refractivity contribution in [3.63, 3.8) is 0 Å². The van der Waals surface area contributed by atoms with E-state index in [0.29, 0.717) is 19.6 Å². The van der Waals surface area contributed by atoms with E-state index < -0.39 is 0 Å². The first-order valence-corrected chi connectivity index (χ1v) is 11.5. The van der Waals surface area contributed by atoms with Gasteiger partial charge in [0.05, 0.1) is 11.9 Å². The molecule has 0 unspecified atom stereocenters. The predicted octanol–water partition coefficient (Wildman–Crippen LogP) is 3.13. The maximum atomic E-state index is 12.8. The molecule has 0 bridgehead atoms. The lowest BCUT2D eigenvalue weighted by molar-refractivity contribution is 0.0625. The first-order valence-electron chi connectivity index (χ1n) is 10.7. The summed E-state index contributed by atoms with van der Waals surface area (Å²) in [6, 6.07) is 7.76. The van der Waals surface area contributed by atoms with Gasteiger partial charge in [-0.2, -0.15) is 0 Å². The predicted molar refractivity (Wildman–Crippen MR) is 119 cm³/mol. The van der Waals surface area contributed by atoms with Crippen LogP contribution in [0.1, 0.15) is 45.0 Å². The number of hydrogen-bond acceptors (Lipinski definition) is 5. The van der Waals surface area contributed by atoms with Gasteiger partial charge < -0.3 is 9.88 Å². The van der Waals surface area contributed by atoms with E-state index in [0.717, 1.165) is 59.5 Å². The summed E-state index contributed by atoms with van der Waals surface area (Å²) in [6.45, 7) is 5.54. The fourth-order valence-corrected chi connectivity index (χ4v) is 5.85. The van der Waals surface area contributed by atoms with Gasteiger partial charge in [0.2, 0.25) is 0 Å². The average Bonchev–Trinajstić information content (AvgIpc) is 3.12. The molecule has 6 nitrogen and oxygen atoms in total. The highest BCUT2D eigenvalue weighted by Crippen LogP contribution is 2.33. The van der Waals surface area contributed by atoms with Gasteiger partial charge in [0.15, 0.2) is 0 Å². The molecule has 3 heterocycles. The standard InChI is InChI=1S/C23H26N4O2S/c1-15-5-4-6-16(13-15)23(29)27-11-9-26(10-12-27)14-19-24-21(28)20-17-7-2-3-8-18(17)30-22(20)25-19/h4-6,13H,2-3,7-12,14H2,1H3,(H,24,25,28). The lowest BCUT2D eigenvalue weighted by Gasteiger charge is -2.34. The molecule has 2 aliphatic rings. The van der Waals surface area contributed by atoms with E-state index >= 15 is 0 Å². The maximum Gasteiger partial charge on any atom is 0.259 e. The zero-order chi connectivity index (χ0) is 20.7. The lowest BCUT2D eigenvalue weighted by atomic mass is 9.97. The Kier molecular flexibility index (Phi) is 5.16. The number of carbonyl (C=O) groups is 1. The van der Waals surface area contributed by atoms with Crippen molar-refractivity contribution in [3.05, 3.63) is 62.0 Å². The number of rotatable bonds is 3. The largest absolute Gasteiger partial charge is 0.336 e. The molecule has 1 amide bonds. The highest BCUT2D eigenvalue weighted by atomic mass is 32.1. The zero-order valence-electron chi connectivity index (χ0n) is 17.2. The maximum absolute atomic E-state index is 12.8. The molecule has 7 heteroatoms. The lowest BCUT2D eigenvalue weighted by Crippen LogP contribution is -2.48. The molecule has 1 N–H and O–H groups in total. The summed E-state index contributed by atoms with van der Waals surface area (Å²) in [4.78, 5) is 39.7. The van der Waals surface area contributed by atoms with Crippen LogP contribution in [0.5, 0.6) is 0 Å². The third kappa shape index (κ3) is 3.68. The van der Waals surface area contributed by atoms with E-state index in [2.05, 4.69) is 9.88 Å². The highest BCUT2D eigenvalue weighted by Gasteiger charge is 2.24. The smallest absolute Gasteiger partial charge is 0.259 e. The van der Waals surface area contributed by atoms with E-state index in [4.69, 9.17) is 4.98 Å². The first kappa shape index (κ1) is 19.5. The number of aromatic amines is 1. The van der Waals surface area contributed by atoms with E-state index in [1.165, 1.54) is 16.9 Å². The van der Waals surface area contributed by atoms with Gasteiger partial charge in [-0.1, -0.05) is 17.7 Å². The van der Waals surface area contributed by atoms with Crippen LogP contribution in [-0.4, -0.2) is 51.9 Å². The summed E-state index contributed by atoms with van der Waals surface area (Å²) >= 11 is 1.69. The topological polar surface area (TPSA) is 69.3 Å². The molecule has 1 aliphatic heterocycles. The Labute approximate surface area is 179 Å². The number of nitrogens with zero attached hydrogens (tertiary/aromatic N) is 3. The summed E-state index contributed by atoms with van der Waals surface area (Å²) in [7, 11) is 0. The molecule has 2 aromatic heterocycles. The number of aryl methyl sites for hydroxylation is 3. The molecule has 1 aromatic carbocycles. The van der Waals surface area contributed by atoms with Gasteiger partial charge in [0.25, 0.3) is 11.5 Å². The van der Waals surface area contributed by atoms with Crippen LogP contribution in [0.4, 0.5) is 0 Å². The van der Waals surface area contributed by atoms with Gasteiger partial charge in [-0.3, -0.25) is 14.5 Å². The fraction of sp³-hybridized carbons (Fsp3) is 0.435. The molecule has 1 saturated heterocycles. The Hall–Kier alpha value is -2.51. The number of benzene rings is 1. The van der Waals surface area contributed by atoms with Crippen LogP contribution in [0.15, 0.2) is 29.1 Å². The van der Waals surface area contributed by atoms with Crippen molar-refractivity contribution in [3.8, 4) is 0 Å². The minimum absolute atomic E-state index is 0.00246. The summed E-state index contributed by atoms with van der Waals surface area (Å²) in [5.74, 6) is 0.819. The second-order valence-electron chi connectivity index (χ2n) is 8.34. The first-order chi connectivity index (χ1) is 14.6. The van der Waals surface area contributed by atoms with Crippen molar-refractivity contribution in [1.82, 2.24) is 19.8 Å². The Bertz CT molecular complexity index is 1160. The molecule has 1 aliphatic carbocycles. The van der Waals surface area contributed by atoms with Crippen LogP contribution in [-0.2, 0) is 19.4 Å². The van der Waals surface area contributed by atoms with E-state index in [-0.39, 0.29) is 11.5 Å². The van der Waals surface area contributed by atoms with Crippen LogP contribution in [0.3, 0.4) is 0 Å². The third-order valence-corrected chi connectivity index (χ3v) is 7.36. The van der Waals surface area contributed by atoms with Crippen molar-refractivity contribution in [1.29, 1.82) is 0 Å². The number of thiophene rings is 1. The van der Waals surface area contributed by atoms with Gasteiger partial charge in [-0.05, 0) is 50.3 Å². The molecule has 0 atom stereocenters. The normalized spacial score (nSPS) is 17.3. The summed E-state index contributed by atoms with van der Waals surface area (Å²) < 4.78 is 0. The van der Waals surface area contributed by atoms with Crippen LogP contribution in [0.2, 0.25) is 0 Å². The summed E-state index contributed by atoms with van der Waals surface area (Å²) in [5.41, 5.74) is 3.08. The summed E-state index contributed by atoms with van der Waals surface area (Å²) in [6.07, 6.45) is 4.43. The minimum Gasteiger partial charge on any atom is -0.336 e. The Morgan fingerprint density at radius 3 is 2.77 bits per heavy atom. The number of H-pyrrole nitrogens is 1. The van der Waals surface area contributed by atoms with Crippen LogP contribution < -0.4 is 5.56 Å². The van der Waals surface area contributed by atoms with Gasteiger partial charge in [0.1, 0.15) is 10.7 Å². The third-order valence-electron chi connectivity index (χ3n) is 6.17. The number of nitrogens with one attached hydrogen (secondary N) is 1. The molecular formula is C23H26N4O2S. The monoisotopic (exact) mass is 422 g/mol. The minimum atomic E-state index is 0.00246. The van der Waals surface area contributed by atoms with Crippen LogP contribution in [0.25, 0.3) is 10.2 Å². The number of carbonyl (C=O) groups excluding carboxylic acids is 1. The van der Waals surface area contributed by atoms with Crippen molar-refractivity contribution >= 4 is 27.5 Å². The number of aromatic nitrogens is 2. The van der Waals surface area contributed by atoms with Gasteiger partial charge in [-0.15, -0.1) is 11.3 Å². The van der Waals surface area contributed by atoms with E-state index in [1.807, 2.05) is 36.1 Å². The molecule has 156 valence electrons. The molecule has 0 radical (unpaired) electrons. The molecular weight excluding hydrogens is 396 g/mol. The zero-order valence-corrected chi connectivity index (χ0v) is 18.1. The Morgan fingerprint density at radius 2 is 1.97 bits per heavy atom. The van der Waals surface area contributed by atoms with Gasteiger partial charge in [0, 0.05) is 36.6 Å². The number of amides is 1. The van der Waals surface area contributed by atoms with Crippen molar-refractivity contribution in [2.75, 3.05) is 26.2 Å². The molecule has 0 spiro atoms. The van der Waals surface area contributed by atoms with Gasteiger partial charge in [-0.25, -0.2) is 4.98 Å². The van der Waals surface area contributed by atoms with E-state index in [1.54, 1.807) is 11.3 Å². The van der Waals surface area contributed by atoms with Crippen molar-refractivity contribution in [2.24, 2.45) is 0 Å². The fourth-order valence-electron chi connectivity index (χ4n) is 4.56. The van der Waals surface area contributed by atoms with E-state index in [9.17, 15) is 9.59 Å². The Morgan fingerprint density at radius 1 is 1.17 bits per heavy atom. The molecule has 30 heavy (non-hydrogen) atoms. The Balaban J connectivity index is 1.27. The molecule has 0 saturated carbocycles. The van der Waals surface area contributed by atoms with Crippen molar-refractivity contribution < 1.29 is 4.79 Å². The second-order valence-corrected chi connectivity index (χ2v) is 9.43.